The molecule has 1 amide bonds. The summed E-state index contributed by atoms with van der Waals surface area (Å²) in [6.45, 7) is 6.51. The fraction of sp³-hybridized carbons (Fsp3) is 0.533. The van der Waals surface area contributed by atoms with Crippen molar-refractivity contribution in [3.8, 4) is 5.75 Å². The third kappa shape index (κ3) is 6.66. The predicted molar refractivity (Wildman–Crippen MR) is 86.6 cm³/mol. The fourth-order valence-corrected chi connectivity index (χ4v) is 1.76. The number of halogens is 1. The molecule has 0 unspecified atom stereocenters. The van der Waals surface area contributed by atoms with Crippen LogP contribution in [0.25, 0.3) is 0 Å². The first-order chi connectivity index (χ1) is 8.81. The molecular weight excluding hydrogens is 276 g/mol. The van der Waals surface area contributed by atoms with Crippen LogP contribution in [0.3, 0.4) is 0 Å². The molecule has 1 rings (SSSR count). The van der Waals surface area contributed by atoms with Crippen molar-refractivity contribution >= 4 is 29.7 Å². The summed E-state index contributed by atoms with van der Waals surface area (Å²) in [7, 11) is 1.58. The van der Waals surface area contributed by atoms with E-state index in [9.17, 15) is 4.79 Å². The van der Waals surface area contributed by atoms with Crippen LogP contribution in [0.2, 0.25) is 0 Å². The quantitative estimate of drug-likeness (QED) is 0.812. The molecule has 0 aliphatic carbocycles. The SMILES string of the molecule is COc1ccc(N)c(NC(=O)CCCC(C)(C)C)c1.Cl. The van der Waals surface area contributed by atoms with Gasteiger partial charge in [-0.3, -0.25) is 4.79 Å². The first-order valence-electron chi connectivity index (χ1n) is 6.55. The lowest BCUT2D eigenvalue weighted by molar-refractivity contribution is -0.116. The molecule has 0 heterocycles. The van der Waals surface area contributed by atoms with E-state index in [1.165, 1.54) is 0 Å². The molecule has 0 saturated carbocycles. The van der Waals surface area contributed by atoms with Gasteiger partial charge in [0.05, 0.1) is 18.5 Å². The summed E-state index contributed by atoms with van der Waals surface area (Å²) < 4.78 is 5.11. The van der Waals surface area contributed by atoms with Crippen LogP contribution < -0.4 is 15.8 Å². The molecule has 0 fully saturated rings. The van der Waals surface area contributed by atoms with Gasteiger partial charge in [-0.25, -0.2) is 0 Å². The number of nitrogens with two attached hydrogens (primary N) is 1. The molecule has 0 spiro atoms. The summed E-state index contributed by atoms with van der Waals surface area (Å²) in [6.07, 6.45) is 2.40. The first-order valence-corrected chi connectivity index (χ1v) is 6.55. The molecule has 0 aliphatic heterocycles. The Balaban J connectivity index is 0.00000361. The summed E-state index contributed by atoms with van der Waals surface area (Å²) in [6, 6.07) is 5.23. The van der Waals surface area contributed by atoms with Crippen LogP contribution in [-0.4, -0.2) is 13.0 Å². The summed E-state index contributed by atoms with van der Waals surface area (Å²) in [5.74, 6) is 0.670. The van der Waals surface area contributed by atoms with Crippen LogP contribution in [0.1, 0.15) is 40.0 Å². The van der Waals surface area contributed by atoms with E-state index in [1.54, 1.807) is 25.3 Å². The van der Waals surface area contributed by atoms with Gasteiger partial charge in [0.2, 0.25) is 5.91 Å². The molecule has 4 nitrogen and oxygen atoms in total. The Morgan fingerprint density at radius 1 is 1.35 bits per heavy atom. The van der Waals surface area contributed by atoms with Crippen molar-refractivity contribution in [2.24, 2.45) is 5.41 Å². The number of ether oxygens (including phenoxy) is 1. The van der Waals surface area contributed by atoms with Crippen molar-refractivity contribution in [3.63, 3.8) is 0 Å². The molecule has 1 aromatic carbocycles. The minimum Gasteiger partial charge on any atom is -0.497 e. The van der Waals surface area contributed by atoms with Gasteiger partial charge in [0, 0.05) is 12.5 Å². The van der Waals surface area contributed by atoms with Gasteiger partial charge in [-0.15, -0.1) is 12.4 Å². The maximum atomic E-state index is 11.8. The summed E-state index contributed by atoms with van der Waals surface area (Å²) >= 11 is 0. The van der Waals surface area contributed by atoms with Gasteiger partial charge >= 0.3 is 0 Å². The highest BCUT2D eigenvalue weighted by Crippen LogP contribution is 2.25. The first kappa shape index (κ1) is 18.6. The lowest BCUT2D eigenvalue weighted by Crippen LogP contribution is -2.14. The predicted octanol–water partition coefficient (Wildman–Crippen LogP) is 3.85. The number of anilines is 2. The van der Waals surface area contributed by atoms with Crippen LogP contribution in [0.15, 0.2) is 18.2 Å². The van der Waals surface area contributed by atoms with E-state index in [1.807, 2.05) is 0 Å². The van der Waals surface area contributed by atoms with Crippen LogP contribution >= 0.6 is 12.4 Å². The third-order valence-electron chi connectivity index (χ3n) is 2.87. The topological polar surface area (TPSA) is 64.3 Å². The zero-order valence-corrected chi connectivity index (χ0v) is 13.5. The molecule has 114 valence electrons. The number of benzene rings is 1. The smallest absolute Gasteiger partial charge is 0.224 e. The van der Waals surface area contributed by atoms with E-state index in [-0.39, 0.29) is 23.7 Å². The number of methoxy groups -OCH3 is 1. The molecular formula is C15H25ClN2O2. The molecule has 0 bridgehead atoms. The largest absolute Gasteiger partial charge is 0.497 e. The Kier molecular flexibility index (Phi) is 7.43. The number of nitrogens with one attached hydrogen (secondary N) is 1. The van der Waals surface area contributed by atoms with Crippen molar-refractivity contribution in [3.05, 3.63) is 18.2 Å². The maximum absolute atomic E-state index is 11.8. The average Bonchev–Trinajstić information content (AvgIpc) is 2.30. The minimum absolute atomic E-state index is 0. The van der Waals surface area contributed by atoms with Crippen molar-refractivity contribution in [2.75, 3.05) is 18.2 Å². The number of hydrogen-bond acceptors (Lipinski definition) is 3. The van der Waals surface area contributed by atoms with Crippen LogP contribution in [-0.2, 0) is 4.79 Å². The summed E-state index contributed by atoms with van der Waals surface area (Å²) in [5, 5.41) is 2.83. The van der Waals surface area contributed by atoms with Gasteiger partial charge in [-0.2, -0.15) is 0 Å². The number of carbonyl (C=O) groups excluding carboxylic acids is 1. The summed E-state index contributed by atoms with van der Waals surface area (Å²) in [5.41, 5.74) is 7.24. The van der Waals surface area contributed by atoms with Crippen LogP contribution in [0.4, 0.5) is 11.4 Å². The highest BCUT2D eigenvalue weighted by Gasteiger charge is 2.12. The van der Waals surface area contributed by atoms with Crippen molar-refractivity contribution in [1.82, 2.24) is 0 Å². The Morgan fingerprint density at radius 2 is 2.00 bits per heavy atom. The van der Waals surface area contributed by atoms with Gasteiger partial charge in [0.1, 0.15) is 5.75 Å². The van der Waals surface area contributed by atoms with E-state index in [4.69, 9.17) is 10.5 Å². The average molecular weight is 301 g/mol. The normalized spacial score (nSPS) is 10.6. The van der Waals surface area contributed by atoms with Gasteiger partial charge in [-0.1, -0.05) is 20.8 Å². The lowest BCUT2D eigenvalue weighted by atomic mass is 9.90. The Labute approximate surface area is 127 Å². The molecule has 0 aromatic heterocycles. The second kappa shape index (κ2) is 8.00. The monoisotopic (exact) mass is 300 g/mol. The van der Waals surface area contributed by atoms with E-state index < -0.39 is 0 Å². The second-order valence-electron chi connectivity index (χ2n) is 5.92. The standard InChI is InChI=1S/C15H24N2O2.ClH/c1-15(2,3)9-5-6-14(18)17-13-10-11(19-4)7-8-12(13)16;/h7-8,10H,5-6,9,16H2,1-4H3,(H,17,18);1H. The number of rotatable bonds is 5. The zero-order chi connectivity index (χ0) is 14.5. The van der Waals surface area contributed by atoms with E-state index in [2.05, 4.69) is 26.1 Å². The van der Waals surface area contributed by atoms with Gasteiger partial charge in [-0.05, 0) is 30.4 Å². The highest BCUT2D eigenvalue weighted by atomic mass is 35.5. The highest BCUT2D eigenvalue weighted by molar-refractivity contribution is 5.94. The molecule has 1 aromatic rings. The van der Waals surface area contributed by atoms with Crippen LogP contribution in [0, 0.1) is 5.41 Å². The summed E-state index contributed by atoms with van der Waals surface area (Å²) in [4.78, 5) is 11.8. The van der Waals surface area contributed by atoms with Gasteiger partial charge < -0.3 is 15.8 Å². The lowest BCUT2D eigenvalue weighted by Gasteiger charge is -2.17. The number of nitrogen functional groups attached to an aromatic ring is 1. The zero-order valence-electron chi connectivity index (χ0n) is 12.7. The van der Waals surface area contributed by atoms with E-state index >= 15 is 0 Å². The molecule has 0 saturated heterocycles. The molecule has 0 atom stereocenters. The maximum Gasteiger partial charge on any atom is 0.224 e. The Hall–Kier alpha value is -1.42. The Morgan fingerprint density at radius 3 is 2.55 bits per heavy atom. The molecule has 3 N–H and O–H groups in total. The number of hydrogen-bond donors (Lipinski definition) is 2. The molecule has 20 heavy (non-hydrogen) atoms. The van der Waals surface area contributed by atoms with Gasteiger partial charge in [0.15, 0.2) is 0 Å². The number of amides is 1. The molecule has 0 radical (unpaired) electrons. The fourth-order valence-electron chi connectivity index (χ4n) is 1.76. The van der Waals surface area contributed by atoms with Crippen molar-refractivity contribution in [1.29, 1.82) is 0 Å². The second-order valence-corrected chi connectivity index (χ2v) is 5.92. The number of carbonyl (C=O) groups is 1. The van der Waals surface area contributed by atoms with Crippen molar-refractivity contribution < 1.29 is 9.53 Å². The minimum atomic E-state index is -0.01000. The third-order valence-corrected chi connectivity index (χ3v) is 2.87. The molecule has 0 aliphatic rings. The van der Waals surface area contributed by atoms with Crippen LogP contribution in [0.5, 0.6) is 5.75 Å². The van der Waals surface area contributed by atoms with E-state index in [0.29, 0.717) is 23.5 Å². The van der Waals surface area contributed by atoms with Crippen molar-refractivity contribution in [2.45, 2.75) is 40.0 Å². The molecule has 5 heteroatoms. The van der Waals surface area contributed by atoms with Gasteiger partial charge in [0.25, 0.3) is 0 Å². The van der Waals surface area contributed by atoms with E-state index in [0.717, 1.165) is 12.8 Å². The Bertz CT molecular complexity index is 442.